The van der Waals surface area contributed by atoms with E-state index in [4.69, 9.17) is 4.74 Å². The van der Waals surface area contributed by atoms with Crippen LogP contribution in [0.2, 0.25) is 0 Å². The summed E-state index contributed by atoms with van der Waals surface area (Å²) in [6.45, 7) is 3.28. The molecule has 1 atom stereocenters. The summed E-state index contributed by atoms with van der Waals surface area (Å²) in [6.07, 6.45) is 1.42. The number of amides is 1. The second kappa shape index (κ2) is 5.86. The predicted octanol–water partition coefficient (Wildman–Crippen LogP) is 0.932. The minimum absolute atomic E-state index is 0.0232. The smallest absolute Gasteiger partial charge is 0.233 e. The van der Waals surface area contributed by atoms with Crippen molar-refractivity contribution in [2.45, 2.75) is 25.9 Å². The van der Waals surface area contributed by atoms with Crippen LogP contribution in [0.1, 0.15) is 19.8 Å². The maximum Gasteiger partial charge on any atom is 0.233 e. The summed E-state index contributed by atoms with van der Waals surface area (Å²) >= 11 is 0. The lowest BCUT2D eigenvalue weighted by molar-refractivity contribution is -0.130. The van der Waals surface area contributed by atoms with Gasteiger partial charge in [0.1, 0.15) is 6.10 Å². The van der Waals surface area contributed by atoms with Crippen LogP contribution >= 0.6 is 0 Å². The molecule has 6 heteroatoms. The van der Waals surface area contributed by atoms with E-state index >= 15 is 0 Å². The third-order valence-electron chi connectivity index (χ3n) is 3.17. The van der Waals surface area contributed by atoms with Gasteiger partial charge in [0.05, 0.1) is 6.54 Å². The number of carbonyl (C=O) groups is 1. The molecule has 1 unspecified atom stereocenters. The first-order valence-electron chi connectivity index (χ1n) is 6.55. The van der Waals surface area contributed by atoms with Crippen LogP contribution < -0.4 is 9.64 Å². The monoisotopic (exact) mass is 264 g/mol. The number of nitrogens with zero attached hydrogens (tertiary/aromatic N) is 4. The van der Waals surface area contributed by atoms with Crippen LogP contribution in [-0.4, -0.2) is 54.3 Å². The van der Waals surface area contributed by atoms with Crippen molar-refractivity contribution in [1.29, 1.82) is 0 Å². The molecule has 1 amide bonds. The lowest BCUT2D eigenvalue weighted by Gasteiger charge is -2.16. The Bertz CT molecular complexity index is 433. The van der Waals surface area contributed by atoms with Crippen molar-refractivity contribution >= 4 is 11.7 Å². The normalized spacial score (nSPS) is 18.5. The third-order valence-corrected chi connectivity index (χ3v) is 3.17. The van der Waals surface area contributed by atoms with E-state index in [-0.39, 0.29) is 12.0 Å². The molecule has 0 aliphatic carbocycles. The molecule has 0 N–H and O–H groups in total. The highest BCUT2D eigenvalue weighted by Gasteiger charge is 2.26. The Morgan fingerprint density at radius 2 is 2.26 bits per heavy atom. The van der Waals surface area contributed by atoms with Crippen LogP contribution in [-0.2, 0) is 4.79 Å². The summed E-state index contributed by atoms with van der Waals surface area (Å²) in [4.78, 5) is 15.3. The maximum atomic E-state index is 11.6. The fourth-order valence-electron chi connectivity index (χ4n) is 2.06. The van der Waals surface area contributed by atoms with Gasteiger partial charge in [-0.25, -0.2) is 0 Å². The number of aromatic nitrogens is 2. The Morgan fingerprint density at radius 1 is 1.47 bits per heavy atom. The summed E-state index contributed by atoms with van der Waals surface area (Å²) in [6, 6.07) is 3.68. The van der Waals surface area contributed by atoms with Crippen LogP contribution in [0.3, 0.4) is 0 Å². The van der Waals surface area contributed by atoms with Crippen molar-refractivity contribution in [3.63, 3.8) is 0 Å². The summed E-state index contributed by atoms with van der Waals surface area (Å²) in [7, 11) is 3.82. The Hall–Kier alpha value is -1.85. The van der Waals surface area contributed by atoms with Gasteiger partial charge >= 0.3 is 0 Å². The van der Waals surface area contributed by atoms with Gasteiger partial charge in [0.15, 0.2) is 5.82 Å². The summed E-state index contributed by atoms with van der Waals surface area (Å²) in [5.74, 6) is 1.49. The summed E-state index contributed by atoms with van der Waals surface area (Å²) < 4.78 is 5.75. The van der Waals surface area contributed by atoms with E-state index in [0.717, 1.165) is 18.8 Å². The van der Waals surface area contributed by atoms with Gasteiger partial charge < -0.3 is 14.5 Å². The number of anilines is 1. The molecule has 1 aliphatic heterocycles. The Balaban J connectivity index is 1.90. The SMILES string of the molecule is CCC(=O)N1CCC(Oc2ccc(N(C)C)nn2)C1. The number of ether oxygens (including phenoxy) is 1. The lowest BCUT2D eigenvalue weighted by atomic mass is 10.3. The molecule has 1 fully saturated rings. The highest BCUT2D eigenvalue weighted by molar-refractivity contribution is 5.76. The van der Waals surface area contributed by atoms with Crippen molar-refractivity contribution < 1.29 is 9.53 Å². The quantitative estimate of drug-likeness (QED) is 0.809. The van der Waals surface area contributed by atoms with Crippen molar-refractivity contribution in [2.24, 2.45) is 0 Å². The molecule has 0 aromatic carbocycles. The van der Waals surface area contributed by atoms with Crippen LogP contribution in [0.25, 0.3) is 0 Å². The second-order valence-corrected chi connectivity index (χ2v) is 4.85. The van der Waals surface area contributed by atoms with Crippen LogP contribution in [0, 0.1) is 0 Å². The van der Waals surface area contributed by atoms with Crippen molar-refractivity contribution in [3.05, 3.63) is 12.1 Å². The molecule has 1 aromatic rings. The molecular weight excluding hydrogens is 244 g/mol. The summed E-state index contributed by atoms with van der Waals surface area (Å²) in [5.41, 5.74) is 0. The molecule has 0 bridgehead atoms. The van der Waals surface area contributed by atoms with Crippen molar-refractivity contribution in [2.75, 3.05) is 32.1 Å². The minimum atomic E-state index is 0.0232. The van der Waals surface area contributed by atoms with Gasteiger partial charge in [0, 0.05) is 39.5 Å². The molecule has 6 nitrogen and oxygen atoms in total. The van der Waals surface area contributed by atoms with Gasteiger partial charge in [0.25, 0.3) is 0 Å². The van der Waals surface area contributed by atoms with Gasteiger partial charge in [-0.2, -0.15) is 0 Å². The number of hydrogen-bond donors (Lipinski definition) is 0. The highest BCUT2D eigenvalue weighted by atomic mass is 16.5. The fourth-order valence-corrected chi connectivity index (χ4v) is 2.06. The number of hydrogen-bond acceptors (Lipinski definition) is 5. The third kappa shape index (κ3) is 3.33. The first-order chi connectivity index (χ1) is 9.10. The second-order valence-electron chi connectivity index (χ2n) is 4.85. The first-order valence-corrected chi connectivity index (χ1v) is 6.55. The maximum absolute atomic E-state index is 11.6. The highest BCUT2D eigenvalue weighted by Crippen LogP contribution is 2.17. The van der Waals surface area contributed by atoms with E-state index in [1.165, 1.54) is 0 Å². The van der Waals surface area contributed by atoms with Gasteiger partial charge in [0.2, 0.25) is 11.8 Å². The zero-order valence-corrected chi connectivity index (χ0v) is 11.7. The Labute approximate surface area is 113 Å². The minimum Gasteiger partial charge on any atom is -0.471 e. The van der Waals surface area contributed by atoms with Crippen molar-refractivity contribution in [3.8, 4) is 5.88 Å². The Kier molecular flexibility index (Phi) is 4.19. The lowest BCUT2D eigenvalue weighted by Crippen LogP contribution is -2.30. The average molecular weight is 264 g/mol. The first kappa shape index (κ1) is 13.6. The standard InChI is InChI=1S/C13H20N4O2/c1-4-13(18)17-8-7-10(9-17)19-12-6-5-11(14-15-12)16(2)3/h5-6,10H,4,7-9H2,1-3H3. The Morgan fingerprint density at radius 3 is 2.84 bits per heavy atom. The molecule has 0 saturated carbocycles. The number of rotatable bonds is 4. The van der Waals surface area contributed by atoms with E-state index in [1.54, 1.807) is 0 Å². The van der Waals surface area contributed by atoms with Crippen LogP contribution in [0.5, 0.6) is 5.88 Å². The van der Waals surface area contributed by atoms with Gasteiger partial charge in [-0.05, 0) is 6.07 Å². The molecule has 104 valence electrons. The largest absolute Gasteiger partial charge is 0.471 e. The molecule has 1 aliphatic rings. The van der Waals surface area contributed by atoms with E-state index < -0.39 is 0 Å². The molecule has 0 radical (unpaired) electrons. The molecule has 19 heavy (non-hydrogen) atoms. The van der Waals surface area contributed by atoms with Crippen molar-refractivity contribution in [1.82, 2.24) is 15.1 Å². The average Bonchev–Trinajstić information content (AvgIpc) is 2.87. The zero-order valence-electron chi connectivity index (χ0n) is 11.7. The predicted molar refractivity (Wildman–Crippen MR) is 72.3 cm³/mol. The number of carbonyl (C=O) groups excluding carboxylic acids is 1. The molecule has 2 rings (SSSR count). The van der Waals surface area contributed by atoms with E-state index in [1.807, 2.05) is 43.0 Å². The van der Waals surface area contributed by atoms with Gasteiger partial charge in [-0.1, -0.05) is 6.92 Å². The zero-order chi connectivity index (χ0) is 13.8. The van der Waals surface area contributed by atoms with E-state index in [2.05, 4.69) is 10.2 Å². The molecule has 1 saturated heterocycles. The summed E-state index contributed by atoms with van der Waals surface area (Å²) in [5, 5.41) is 8.10. The van der Waals surface area contributed by atoms with Gasteiger partial charge in [-0.3, -0.25) is 4.79 Å². The molecule has 2 heterocycles. The van der Waals surface area contributed by atoms with E-state index in [0.29, 0.717) is 18.8 Å². The van der Waals surface area contributed by atoms with Crippen LogP contribution in [0.15, 0.2) is 12.1 Å². The van der Waals surface area contributed by atoms with Gasteiger partial charge in [-0.15, -0.1) is 10.2 Å². The fraction of sp³-hybridized carbons (Fsp3) is 0.615. The van der Waals surface area contributed by atoms with E-state index in [9.17, 15) is 4.79 Å². The topological polar surface area (TPSA) is 58.6 Å². The molecular formula is C13H20N4O2. The number of likely N-dealkylation sites (tertiary alicyclic amines) is 1. The molecule has 0 spiro atoms. The molecule has 1 aromatic heterocycles. The van der Waals surface area contributed by atoms with Crippen LogP contribution in [0.4, 0.5) is 5.82 Å².